The fourth-order valence-corrected chi connectivity index (χ4v) is 1.78. The van der Waals surface area contributed by atoms with Crippen LogP contribution in [0.15, 0.2) is 24.3 Å². The van der Waals surface area contributed by atoms with Crippen molar-refractivity contribution in [2.45, 2.75) is 6.92 Å². The van der Waals surface area contributed by atoms with Gasteiger partial charge >= 0.3 is 5.69 Å². The van der Waals surface area contributed by atoms with Crippen LogP contribution in [0.2, 0.25) is 0 Å². The molecule has 0 spiro atoms. The van der Waals surface area contributed by atoms with Gasteiger partial charge in [0.25, 0.3) is 0 Å². The van der Waals surface area contributed by atoms with Crippen LogP contribution >= 0.6 is 0 Å². The van der Waals surface area contributed by atoms with E-state index in [-0.39, 0.29) is 23.0 Å². The summed E-state index contributed by atoms with van der Waals surface area (Å²) in [5.74, 6) is 0.586. The first kappa shape index (κ1) is 12.7. The van der Waals surface area contributed by atoms with Gasteiger partial charge in [0.15, 0.2) is 5.69 Å². The summed E-state index contributed by atoms with van der Waals surface area (Å²) >= 11 is 0. The number of nitrogens with two attached hydrogens (primary N) is 1. The zero-order chi connectivity index (χ0) is 14.0. The van der Waals surface area contributed by atoms with E-state index in [0.717, 1.165) is 0 Å². The molecule has 0 aliphatic rings. The van der Waals surface area contributed by atoms with Gasteiger partial charge in [-0.2, -0.15) is 0 Å². The van der Waals surface area contributed by atoms with Crippen molar-refractivity contribution in [3.63, 3.8) is 0 Å². The van der Waals surface area contributed by atoms with Crippen molar-refractivity contribution in [3.05, 3.63) is 40.1 Å². The van der Waals surface area contributed by atoms with Crippen LogP contribution in [0.5, 0.6) is 5.75 Å². The van der Waals surface area contributed by atoms with E-state index in [0.29, 0.717) is 11.3 Å². The van der Waals surface area contributed by atoms with Crippen molar-refractivity contribution in [2.24, 2.45) is 0 Å². The molecule has 0 saturated heterocycles. The average Bonchev–Trinajstić information content (AvgIpc) is 2.37. The summed E-state index contributed by atoms with van der Waals surface area (Å²) in [4.78, 5) is 18.4. The lowest BCUT2D eigenvalue weighted by atomic mass is 10.1. The molecule has 0 amide bonds. The summed E-state index contributed by atoms with van der Waals surface area (Å²) in [6.45, 7) is 1.53. The molecule has 7 heteroatoms. The van der Waals surface area contributed by atoms with Gasteiger partial charge in [0.05, 0.1) is 12.0 Å². The zero-order valence-electron chi connectivity index (χ0n) is 10.5. The lowest BCUT2D eigenvalue weighted by molar-refractivity contribution is -0.385. The first-order chi connectivity index (χ1) is 9.02. The topological polar surface area (TPSA) is 104 Å². The smallest absolute Gasteiger partial charge is 0.316 e. The van der Waals surface area contributed by atoms with Crippen molar-refractivity contribution in [1.29, 1.82) is 0 Å². The molecule has 98 valence electrons. The Morgan fingerprint density at radius 3 is 2.74 bits per heavy atom. The molecule has 19 heavy (non-hydrogen) atoms. The van der Waals surface area contributed by atoms with Gasteiger partial charge in [-0.1, -0.05) is 12.1 Å². The minimum atomic E-state index is -0.510. The van der Waals surface area contributed by atoms with E-state index in [1.54, 1.807) is 24.3 Å². The van der Waals surface area contributed by atoms with Crippen LogP contribution in [0.4, 0.5) is 11.6 Å². The van der Waals surface area contributed by atoms with Crippen LogP contribution in [0.3, 0.4) is 0 Å². The third-order valence-corrected chi connectivity index (χ3v) is 2.60. The Morgan fingerprint density at radius 2 is 2.11 bits per heavy atom. The first-order valence-corrected chi connectivity index (χ1v) is 5.46. The molecule has 1 aromatic carbocycles. The Hall–Kier alpha value is -2.70. The van der Waals surface area contributed by atoms with Gasteiger partial charge in [-0.05, 0) is 19.1 Å². The molecule has 0 aliphatic carbocycles. The molecule has 0 atom stereocenters. The second kappa shape index (κ2) is 4.89. The number of nitrogens with zero attached hydrogens (tertiary/aromatic N) is 3. The highest BCUT2D eigenvalue weighted by molar-refractivity contribution is 5.72. The van der Waals surface area contributed by atoms with E-state index >= 15 is 0 Å². The summed E-state index contributed by atoms with van der Waals surface area (Å²) in [6.07, 6.45) is 0. The number of hydrogen-bond donors (Lipinski definition) is 1. The normalized spacial score (nSPS) is 10.2. The van der Waals surface area contributed by atoms with Gasteiger partial charge in [-0.15, -0.1) is 0 Å². The molecule has 1 heterocycles. The quantitative estimate of drug-likeness (QED) is 0.668. The summed E-state index contributed by atoms with van der Waals surface area (Å²) in [7, 11) is 1.52. The number of rotatable bonds is 3. The predicted molar refractivity (Wildman–Crippen MR) is 69.8 cm³/mol. The van der Waals surface area contributed by atoms with Crippen molar-refractivity contribution >= 4 is 11.6 Å². The van der Waals surface area contributed by atoms with E-state index in [1.807, 2.05) is 0 Å². The highest BCUT2D eigenvalue weighted by Crippen LogP contribution is 2.32. The molecule has 0 radical (unpaired) electrons. The van der Waals surface area contributed by atoms with E-state index in [2.05, 4.69) is 9.97 Å². The highest BCUT2D eigenvalue weighted by Gasteiger charge is 2.22. The van der Waals surface area contributed by atoms with Crippen LogP contribution in [0.1, 0.15) is 5.69 Å². The summed E-state index contributed by atoms with van der Waals surface area (Å²) in [5.41, 5.74) is 6.39. The predicted octanol–water partition coefficient (Wildman–Crippen LogP) is 1.95. The second-order valence-electron chi connectivity index (χ2n) is 3.85. The Labute approximate surface area is 109 Å². The maximum atomic E-state index is 11.1. The number of benzene rings is 1. The molecule has 0 unspecified atom stereocenters. The Morgan fingerprint density at radius 1 is 1.37 bits per heavy atom. The number of hydrogen-bond acceptors (Lipinski definition) is 6. The van der Waals surface area contributed by atoms with Gasteiger partial charge in [-0.3, -0.25) is 10.1 Å². The molecule has 1 aromatic heterocycles. The zero-order valence-corrected chi connectivity index (χ0v) is 10.5. The number of aromatic nitrogens is 2. The number of nitrogen functional groups attached to an aromatic ring is 1. The summed E-state index contributed by atoms with van der Waals surface area (Å²) in [6, 6.07) is 6.84. The molecular formula is C12H12N4O3. The number of ether oxygens (including phenoxy) is 1. The SMILES string of the molecule is COc1cccc(-c2nc(N)nc(C)c2[N+](=O)[O-])c1. The fraction of sp³-hybridized carbons (Fsp3) is 0.167. The highest BCUT2D eigenvalue weighted by atomic mass is 16.6. The largest absolute Gasteiger partial charge is 0.497 e. The number of aryl methyl sites for hydroxylation is 1. The Kier molecular flexibility index (Phi) is 3.28. The number of methoxy groups -OCH3 is 1. The van der Waals surface area contributed by atoms with E-state index < -0.39 is 4.92 Å². The Bertz CT molecular complexity index is 643. The number of anilines is 1. The lowest BCUT2D eigenvalue weighted by Crippen LogP contribution is -2.04. The van der Waals surface area contributed by atoms with E-state index in [1.165, 1.54) is 14.0 Å². The molecule has 0 fully saturated rings. The van der Waals surface area contributed by atoms with Crippen LogP contribution in [0, 0.1) is 17.0 Å². The molecule has 2 N–H and O–H groups in total. The van der Waals surface area contributed by atoms with Crippen LogP contribution in [0.25, 0.3) is 11.3 Å². The van der Waals surface area contributed by atoms with Crippen molar-refractivity contribution in [3.8, 4) is 17.0 Å². The molecule has 0 aliphatic heterocycles. The van der Waals surface area contributed by atoms with Gasteiger partial charge in [-0.25, -0.2) is 9.97 Å². The average molecular weight is 260 g/mol. The van der Waals surface area contributed by atoms with E-state index in [9.17, 15) is 10.1 Å². The third-order valence-electron chi connectivity index (χ3n) is 2.60. The van der Waals surface area contributed by atoms with E-state index in [4.69, 9.17) is 10.5 Å². The standard InChI is InChI=1S/C12H12N4O3/c1-7-11(16(17)18)10(15-12(13)14-7)8-4-3-5-9(6-8)19-2/h3-6H,1-2H3,(H2,13,14,15). The molecule has 0 saturated carbocycles. The molecule has 7 nitrogen and oxygen atoms in total. The number of nitro groups is 1. The molecule has 0 bridgehead atoms. The van der Waals surface area contributed by atoms with Gasteiger partial charge in [0, 0.05) is 5.56 Å². The monoisotopic (exact) mass is 260 g/mol. The van der Waals surface area contributed by atoms with Crippen LogP contribution in [-0.2, 0) is 0 Å². The molecule has 2 rings (SSSR count). The van der Waals surface area contributed by atoms with Crippen molar-refractivity contribution < 1.29 is 9.66 Å². The third kappa shape index (κ3) is 2.44. The Balaban J connectivity index is 2.69. The lowest BCUT2D eigenvalue weighted by Gasteiger charge is -2.07. The van der Waals surface area contributed by atoms with Crippen LogP contribution < -0.4 is 10.5 Å². The maximum absolute atomic E-state index is 11.1. The van der Waals surface area contributed by atoms with Crippen molar-refractivity contribution in [2.75, 3.05) is 12.8 Å². The summed E-state index contributed by atoms with van der Waals surface area (Å²) < 4.78 is 5.09. The summed E-state index contributed by atoms with van der Waals surface area (Å²) in [5, 5.41) is 11.1. The fourth-order valence-electron chi connectivity index (χ4n) is 1.78. The molecular weight excluding hydrogens is 248 g/mol. The van der Waals surface area contributed by atoms with Gasteiger partial charge < -0.3 is 10.5 Å². The van der Waals surface area contributed by atoms with Gasteiger partial charge in [0.1, 0.15) is 11.4 Å². The van der Waals surface area contributed by atoms with Crippen LogP contribution in [-0.4, -0.2) is 22.0 Å². The minimum Gasteiger partial charge on any atom is -0.497 e. The molecule has 2 aromatic rings. The second-order valence-corrected chi connectivity index (χ2v) is 3.85. The van der Waals surface area contributed by atoms with Gasteiger partial charge in [0.2, 0.25) is 5.95 Å². The maximum Gasteiger partial charge on any atom is 0.316 e. The minimum absolute atomic E-state index is 0.000852. The van der Waals surface area contributed by atoms with Crippen molar-refractivity contribution in [1.82, 2.24) is 9.97 Å². The first-order valence-electron chi connectivity index (χ1n) is 5.46.